The summed E-state index contributed by atoms with van der Waals surface area (Å²) in [5.74, 6) is 0. The van der Waals surface area contributed by atoms with Crippen LogP contribution in [0.15, 0.2) is 6.20 Å². The molecular formula is C27H47BN4O8. The highest BCUT2D eigenvalue weighted by Crippen LogP contribution is 2.36. The lowest BCUT2D eigenvalue weighted by Crippen LogP contribution is -2.44. The summed E-state index contributed by atoms with van der Waals surface area (Å²) in [4.78, 5) is 39.7. The van der Waals surface area contributed by atoms with Crippen molar-refractivity contribution in [1.82, 2.24) is 20.0 Å². The van der Waals surface area contributed by atoms with Gasteiger partial charge in [0.15, 0.2) is 0 Å². The number of carbonyl (C=O) groups is 3. The minimum atomic E-state index is -0.850. The molecule has 2 amide bonds. The van der Waals surface area contributed by atoms with Crippen LogP contribution in [-0.4, -0.2) is 81.2 Å². The smallest absolute Gasteiger partial charge is 0.444 e. The number of nitrogens with one attached hydrogen (secondary N) is 1. The summed E-state index contributed by atoms with van der Waals surface area (Å²) in [6.07, 6.45) is -0.418. The van der Waals surface area contributed by atoms with Crippen LogP contribution in [0.2, 0.25) is 0 Å². The van der Waals surface area contributed by atoms with E-state index >= 15 is 0 Å². The van der Waals surface area contributed by atoms with Crippen LogP contribution in [0.1, 0.15) is 95.7 Å². The van der Waals surface area contributed by atoms with E-state index < -0.39 is 53.4 Å². The zero-order valence-corrected chi connectivity index (χ0v) is 26.4. The molecular weight excluding hydrogens is 519 g/mol. The standard InChI is InChI=1S/C27H47BN4O8/c1-23(2,3)36-20(33)29-14-15-31(21(34)37-24(4,5)6)17-19-18(28-39-26(10,11)27(12,13)40-28)16-32(30-19)22(35)38-25(7,8)9/h16H,14-15,17H2,1-13H3,(H,29,33). The predicted octanol–water partition coefficient (Wildman–Crippen LogP) is 4.23. The molecule has 1 saturated heterocycles. The molecule has 226 valence electrons. The van der Waals surface area contributed by atoms with Gasteiger partial charge in [-0.1, -0.05) is 0 Å². The zero-order chi connectivity index (χ0) is 30.9. The van der Waals surface area contributed by atoms with Crippen LogP contribution in [0.4, 0.5) is 14.4 Å². The molecule has 0 unspecified atom stereocenters. The van der Waals surface area contributed by atoms with Crippen LogP contribution < -0.4 is 10.8 Å². The van der Waals surface area contributed by atoms with E-state index in [0.29, 0.717) is 11.2 Å². The Labute approximate surface area is 238 Å². The van der Waals surface area contributed by atoms with Crippen molar-refractivity contribution in [3.63, 3.8) is 0 Å². The quantitative estimate of drug-likeness (QED) is 0.397. The van der Waals surface area contributed by atoms with Crippen molar-refractivity contribution in [3.05, 3.63) is 11.9 Å². The SMILES string of the molecule is CC(C)(C)OC(=O)NCCN(Cc1nn(C(=O)OC(C)(C)C)cc1B1OC(C)(C)C(C)(C)O1)C(=O)OC(C)(C)C. The van der Waals surface area contributed by atoms with Crippen molar-refractivity contribution >= 4 is 30.9 Å². The summed E-state index contributed by atoms with van der Waals surface area (Å²) in [7, 11) is -0.850. The Hall–Kier alpha value is -2.80. The first kappa shape index (κ1) is 33.4. The Morgan fingerprint density at radius 1 is 0.900 bits per heavy atom. The van der Waals surface area contributed by atoms with Crippen LogP contribution >= 0.6 is 0 Å². The van der Waals surface area contributed by atoms with Gasteiger partial charge in [0.1, 0.15) is 16.8 Å². The first-order chi connectivity index (χ1) is 17.9. The fraction of sp³-hybridized carbons (Fsp3) is 0.778. The molecule has 12 nitrogen and oxygen atoms in total. The second-order valence-electron chi connectivity index (χ2n) is 13.9. The van der Waals surface area contributed by atoms with Gasteiger partial charge in [-0.05, 0) is 90.0 Å². The second-order valence-corrected chi connectivity index (χ2v) is 13.9. The van der Waals surface area contributed by atoms with Gasteiger partial charge in [0.25, 0.3) is 0 Å². The predicted molar refractivity (Wildman–Crippen MR) is 150 cm³/mol. The average Bonchev–Trinajstić information content (AvgIpc) is 3.21. The molecule has 2 rings (SSSR count). The molecule has 1 aromatic rings. The third-order valence-electron chi connectivity index (χ3n) is 5.95. The molecule has 0 aromatic carbocycles. The van der Waals surface area contributed by atoms with Gasteiger partial charge < -0.3 is 33.7 Å². The minimum Gasteiger partial charge on any atom is -0.444 e. The van der Waals surface area contributed by atoms with Crippen molar-refractivity contribution in [2.24, 2.45) is 0 Å². The van der Waals surface area contributed by atoms with Gasteiger partial charge >= 0.3 is 25.4 Å². The molecule has 40 heavy (non-hydrogen) atoms. The summed E-state index contributed by atoms with van der Waals surface area (Å²) in [5, 5.41) is 7.12. The van der Waals surface area contributed by atoms with Crippen molar-refractivity contribution in [2.75, 3.05) is 13.1 Å². The number of rotatable bonds is 6. The normalized spacial score (nSPS) is 16.9. The molecule has 1 aromatic heterocycles. The lowest BCUT2D eigenvalue weighted by atomic mass is 9.79. The van der Waals surface area contributed by atoms with Crippen LogP contribution in [-0.2, 0) is 30.1 Å². The van der Waals surface area contributed by atoms with Crippen molar-refractivity contribution in [3.8, 4) is 0 Å². The number of alkyl carbamates (subject to hydrolysis) is 1. The molecule has 0 bridgehead atoms. The number of carbonyl (C=O) groups excluding carboxylic acids is 3. The molecule has 1 aliphatic rings. The molecule has 1 aliphatic heterocycles. The molecule has 0 spiro atoms. The number of hydrogen-bond acceptors (Lipinski definition) is 9. The fourth-order valence-electron chi connectivity index (χ4n) is 3.46. The van der Waals surface area contributed by atoms with Crippen molar-refractivity contribution in [2.45, 2.75) is 125 Å². The number of aromatic nitrogens is 2. The maximum atomic E-state index is 13.2. The van der Waals surface area contributed by atoms with Gasteiger partial charge in [0, 0.05) is 24.7 Å². The monoisotopic (exact) mass is 566 g/mol. The Morgan fingerprint density at radius 2 is 1.40 bits per heavy atom. The summed E-state index contributed by atoms with van der Waals surface area (Å²) < 4.78 is 29.9. The van der Waals surface area contributed by atoms with E-state index in [4.69, 9.17) is 23.5 Å². The highest BCUT2D eigenvalue weighted by atomic mass is 16.7. The highest BCUT2D eigenvalue weighted by molar-refractivity contribution is 6.62. The average molecular weight is 567 g/mol. The molecule has 0 aliphatic carbocycles. The Morgan fingerprint density at radius 3 is 1.88 bits per heavy atom. The second kappa shape index (κ2) is 11.6. The van der Waals surface area contributed by atoms with Crippen molar-refractivity contribution in [1.29, 1.82) is 0 Å². The molecule has 2 heterocycles. The number of hydrogen-bond donors (Lipinski definition) is 1. The lowest BCUT2D eigenvalue weighted by Gasteiger charge is -2.32. The summed E-state index contributed by atoms with van der Waals surface area (Å²) in [5.41, 5.74) is -2.65. The van der Waals surface area contributed by atoms with Crippen LogP contribution in [0.5, 0.6) is 0 Å². The molecule has 13 heteroatoms. The number of ether oxygens (including phenoxy) is 3. The van der Waals surface area contributed by atoms with E-state index in [1.807, 2.05) is 27.7 Å². The van der Waals surface area contributed by atoms with E-state index in [0.717, 1.165) is 4.68 Å². The highest BCUT2D eigenvalue weighted by Gasteiger charge is 2.53. The molecule has 1 N–H and O–H groups in total. The Bertz CT molecular complexity index is 1060. The molecule has 1 fully saturated rings. The maximum Gasteiger partial charge on any atom is 0.498 e. The zero-order valence-electron chi connectivity index (χ0n) is 26.4. The summed E-state index contributed by atoms with van der Waals surface area (Å²) in [6, 6.07) is 0. The van der Waals surface area contributed by atoms with Crippen LogP contribution in [0.3, 0.4) is 0 Å². The van der Waals surface area contributed by atoms with E-state index in [9.17, 15) is 14.4 Å². The van der Waals surface area contributed by atoms with Crippen LogP contribution in [0, 0.1) is 0 Å². The van der Waals surface area contributed by atoms with Gasteiger partial charge in [-0.3, -0.25) is 0 Å². The third kappa shape index (κ3) is 9.69. The fourth-order valence-corrected chi connectivity index (χ4v) is 3.46. The van der Waals surface area contributed by atoms with E-state index in [2.05, 4.69) is 10.4 Å². The molecule has 0 atom stereocenters. The van der Waals surface area contributed by atoms with Gasteiger partial charge in [-0.2, -0.15) is 9.78 Å². The van der Waals surface area contributed by atoms with E-state index in [1.165, 1.54) is 11.1 Å². The Balaban J connectivity index is 2.40. The Kier molecular flexibility index (Phi) is 9.69. The lowest BCUT2D eigenvalue weighted by molar-refractivity contribution is 0.00578. The minimum absolute atomic E-state index is 0.0554. The third-order valence-corrected chi connectivity index (χ3v) is 5.95. The van der Waals surface area contributed by atoms with Gasteiger partial charge in [0.2, 0.25) is 0 Å². The number of amides is 2. The first-order valence-corrected chi connectivity index (χ1v) is 13.5. The van der Waals surface area contributed by atoms with Crippen molar-refractivity contribution < 1.29 is 37.9 Å². The van der Waals surface area contributed by atoms with E-state index in [-0.39, 0.29) is 19.6 Å². The summed E-state index contributed by atoms with van der Waals surface area (Å²) in [6.45, 7) is 23.6. The topological polar surface area (TPSA) is 130 Å². The van der Waals surface area contributed by atoms with E-state index in [1.54, 1.807) is 62.3 Å². The number of nitrogens with zero attached hydrogens (tertiary/aromatic N) is 3. The summed E-state index contributed by atoms with van der Waals surface area (Å²) >= 11 is 0. The van der Waals surface area contributed by atoms with Gasteiger partial charge in [-0.15, -0.1) is 0 Å². The maximum absolute atomic E-state index is 13.2. The van der Waals surface area contributed by atoms with Gasteiger partial charge in [-0.25, -0.2) is 14.4 Å². The van der Waals surface area contributed by atoms with Crippen LogP contribution in [0.25, 0.3) is 0 Å². The first-order valence-electron chi connectivity index (χ1n) is 13.5. The molecule has 0 saturated carbocycles. The molecule has 0 radical (unpaired) electrons. The van der Waals surface area contributed by atoms with Gasteiger partial charge in [0.05, 0.1) is 23.4 Å². The largest absolute Gasteiger partial charge is 0.498 e.